The first kappa shape index (κ1) is 15.1. The first-order valence-electron chi connectivity index (χ1n) is 8.41. The minimum Gasteiger partial charge on any atom is -0.457 e. The minimum absolute atomic E-state index is 0.743. The molecule has 2 nitrogen and oxygen atoms in total. The molecule has 0 N–H and O–H groups in total. The van der Waals surface area contributed by atoms with Crippen molar-refractivity contribution in [1.82, 2.24) is 4.90 Å². The summed E-state index contributed by atoms with van der Waals surface area (Å²) in [4.78, 5) is 2.63. The quantitative estimate of drug-likeness (QED) is 0.747. The first-order valence-corrected chi connectivity index (χ1v) is 8.41. The van der Waals surface area contributed by atoms with E-state index in [-0.39, 0.29) is 0 Å². The largest absolute Gasteiger partial charge is 0.457 e. The Morgan fingerprint density at radius 2 is 1.82 bits per heavy atom. The van der Waals surface area contributed by atoms with Gasteiger partial charge in [0.15, 0.2) is 0 Å². The smallest absolute Gasteiger partial charge is 0.127 e. The van der Waals surface area contributed by atoms with Crippen LogP contribution in [0.25, 0.3) is 0 Å². The van der Waals surface area contributed by atoms with Gasteiger partial charge < -0.3 is 4.74 Å². The number of hydrogen-bond donors (Lipinski definition) is 0. The van der Waals surface area contributed by atoms with Crippen molar-refractivity contribution in [3.63, 3.8) is 0 Å². The Balaban J connectivity index is 1.68. The monoisotopic (exact) mass is 295 g/mol. The standard InChI is InChI=1S/C20H25NO/c1-2-18-10-6-7-14-21(18)16-17-9-8-13-20(15-17)22-19-11-4-3-5-12-19/h3-5,8-9,11-13,15,18H,2,6-7,10,14,16H2,1H3/t18-/m0/s1. The van der Waals surface area contributed by atoms with Gasteiger partial charge in [-0.1, -0.05) is 43.7 Å². The van der Waals surface area contributed by atoms with Crippen LogP contribution in [0.1, 0.15) is 38.2 Å². The maximum Gasteiger partial charge on any atom is 0.127 e. The maximum atomic E-state index is 5.94. The molecule has 0 spiro atoms. The Morgan fingerprint density at radius 3 is 2.64 bits per heavy atom. The molecule has 2 heteroatoms. The van der Waals surface area contributed by atoms with Crippen LogP contribution in [0.15, 0.2) is 54.6 Å². The molecular weight excluding hydrogens is 270 g/mol. The Bertz CT molecular complexity index is 581. The van der Waals surface area contributed by atoms with E-state index in [2.05, 4.69) is 30.0 Å². The second-order valence-corrected chi connectivity index (χ2v) is 6.09. The van der Waals surface area contributed by atoms with Crippen molar-refractivity contribution in [3.05, 3.63) is 60.2 Å². The summed E-state index contributed by atoms with van der Waals surface area (Å²) in [5.74, 6) is 1.82. The molecule has 22 heavy (non-hydrogen) atoms. The van der Waals surface area contributed by atoms with Gasteiger partial charge >= 0.3 is 0 Å². The SMILES string of the molecule is CC[C@H]1CCCCN1Cc1cccc(Oc2ccccc2)c1. The van der Waals surface area contributed by atoms with E-state index in [0.717, 1.165) is 24.1 Å². The summed E-state index contributed by atoms with van der Waals surface area (Å²) in [7, 11) is 0. The fourth-order valence-electron chi connectivity index (χ4n) is 3.30. The van der Waals surface area contributed by atoms with Crippen LogP contribution in [-0.4, -0.2) is 17.5 Å². The number of likely N-dealkylation sites (tertiary alicyclic amines) is 1. The molecule has 0 aromatic heterocycles. The molecule has 3 rings (SSSR count). The van der Waals surface area contributed by atoms with Gasteiger partial charge in [0.25, 0.3) is 0 Å². The minimum atomic E-state index is 0.743. The van der Waals surface area contributed by atoms with E-state index in [1.54, 1.807) is 0 Å². The Kier molecular flexibility index (Phi) is 5.12. The molecule has 116 valence electrons. The normalized spacial score (nSPS) is 19.0. The molecule has 0 aliphatic carbocycles. The second-order valence-electron chi connectivity index (χ2n) is 6.09. The number of para-hydroxylation sites is 1. The number of ether oxygens (including phenoxy) is 1. The fraction of sp³-hybridized carbons (Fsp3) is 0.400. The van der Waals surface area contributed by atoms with Gasteiger partial charge in [-0.3, -0.25) is 4.90 Å². The average molecular weight is 295 g/mol. The van der Waals surface area contributed by atoms with E-state index in [1.165, 1.54) is 37.8 Å². The Morgan fingerprint density at radius 1 is 1.00 bits per heavy atom. The summed E-state index contributed by atoms with van der Waals surface area (Å²) < 4.78 is 5.94. The van der Waals surface area contributed by atoms with E-state index in [9.17, 15) is 0 Å². The molecule has 1 fully saturated rings. The molecule has 1 atom stereocenters. The maximum absolute atomic E-state index is 5.94. The summed E-state index contributed by atoms with van der Waals surface area (Å²) in [6.45, 7) is 4.56. The summed E-state index contributed by atoms with van der Waals surface area (Å²) in [6.07, 6.45) is 5.31. The summed E-state index contributed by atoms with van der Waals surface area (Å²) in [5, 5.41) is 0. The van der Waals surface area contributed by atoms with E-state index in [1.807, 2.05) is 36.4 Å². The van der Waals surface area contributed by atoms with Crippen molar-refractivity contribution in [1.29, 1.82) is 0 Å². The van der Waals surface area contributed by atoms with E-state index in [4.69, 9.17) is 4.74 Å². The van der Waals surface area contributed by atoms with Crippen LogP contribution in [0.2, 0.25) is 0 Å². The third-order valence-electron chi connectivity index (χ3n) is 4.48. The molecule has 0 amide bonds. The lowest BCUT2D eigenvalue weighted by Gasteiger charge is -2.35. The number of piperidine rings is 1. The van der Waals surface area contributed by atoms with Gasteiger partial charge in [0, 0.05) is 12.6 Å². The van der Waals surface area contributed by atoms with Gasteiger partial charge in [0.1, 0.15) is 11.5 Å². The topological polar surface area (TPSA) is 12.5 Å². The predicted octanol–water partition coefficient (Wildman–Crippen LogP) is 5.24. The molecule has 1 saturated heterocycles. The molecule has 2 aromatic rings. The van der Waals surface area contributed by atoms with E-state index >= 15 is 0 Å². The summed E-state index contributed by atoms with van der Waals surface area (Å²) in [6, 6.07) is 19.2. The molecule has 0 saturated carbocycles. The zero-order valence-corrected chi connectivity index (χ0v) is 13.4. The molecule has 0 radical (unpaired) electrons. The van der Waals surface area contributed by atoms with E-state index in [0.29, 0.717) is 0 Å². The van der Waals surface area contributed by atoms with Crippen LogP contribution in [0.4, 0.5) is 0 Å². The zero-order chi connectivity index (χ0) is 15.2. The molecule has 1 heterocycles. The van der Waals surface area contributed by atoms with Crippen molar-refractivity contribution in [2.75, 3.05) is 6.54 Å². The highest BCUT2D eigenvalue weighted by atomic mass is 16.5. The third-order valence-corrected chi connectivity index (χ3v) is 4.48. The lowest BCUT2D eigenvalue weighted by atomic mass is 9.99. The summed E-state index contributed by atoms with van der Waals surface area (Å²) >= 11 is 0. The van der Waals surface area contributed by atoms with Crippen LogP contribution >= 0.6 is 0 Å². The highest BCUT2D eigenvalue weighted by molar-refractivity contribution is 5.33. The lowest BCUT2D eigenvalue weighted by Crippen LogP contribution is -2.38. The van der Waals surface area contributed by atoms with Crippen molar-refractivity contribution in [2.24, 2.45) is 0 Å². The third kappa shape index (κ3) is 3.89. The molecule has 1 aliphatic heterocycles. The molecule has 0 unspecified atom stereocenters. The number of rotatable bonds is 5. The summed E-state index contributed by atoms with van der Waals surface area (Å²) in [5.41, 5.74) is 1.34. The van der Waals surface area contributed by atoms with Crippen LogP contribution in [0.5, 0.6) is 11.5 Å². The first-order chi connectivity index (χ1) is 10.8. The van der Waals surface area contributed by atoms with Gasteiger partial charge in [0.05, 0.1) is 0 Å². The zero-order valence-electron chi connectivity index (χ0n) is 13.4. The van der Waals surface area contributed by atoms with Crippen LogP contribution < -0.4 is 4.74 Å². The van der Waals surface area contributed by atoms with Crippen molar-refractivity contribution in [3.8, 4) is 11.5 Å². The number of nitrogens with zero attached hydrogens (tertiary/aromatic N) is 1. The molecular formula is C20H25NO. The second kappa shape index (κ2) is 7.46. The van der Waals surface area contributed by atoms with Gasteiger partial charge in [-0.2, -0.15) is 0 Å². The molecule has 1 aliphatic rings. The van der Waals surface area contributed by atoms with Crippen LogP contribution in [0.3, 0.4) is 0 Å². The van der Waals surface area contributed by atoms with Gasteiger partial charge in [-0.05, 0) is 55.6 Å². The molecule has 0 bridgehead atoms. The van der Waals surface area contributed by atoms with E-state index < -0.39 is 0 Å². The number of hydrogen-bond acceptors (Lipinski definition) is 2. The highest BCUT2D eigenvalue weighted by Crippen LogP contribution is 2.25. The molecule has 2 aromatic carbocycles. The Labute approximate surface area is 133 Å². The highest BCUT2D eigenvalue weighted by Gasteiger charge is 2.20. The predicted molar refractivity (Wildman–Crippen MR) is 91.3 cm³/mol. The van der Waals surface area contributed by atoms with Crippen LogP contribution in [-0.2, 0) is 6.54 Å². The van der Waals surface area contributed by atoms with Crippen LogP contribution in [0, 0.1) is 0 Å². The fourth-order valence-corrected chi connectivity index (χ4v) is 3.30. The van der Waals surface area contributed by atoms with Crippen molar-refractivity contribution < 1.29 is 4.74 Å². The van der Waals surface area contributed by atoms with Gasteiger partial charge in [-0.15, -0.1) is 0 Å². The average Bonchev–Trinajstić information content (AvgIpc) is 2.57. The van der Waals surface area contributed by atoms with Crippen molar-refractivity contribution in [2.45, 2.75) is 45.2 Å². The number of benzene rings is 2. The Hall–Kier alpha value is -1.80. The van der Waals surface area contributed by atoms with Crippen molar-refractivity contribution >= 4 is 0 Å². The van der Waals surface area contributed by atoms with Gasteiger partial charge in [-0.25, -0.2) is 0 Å². The van der Waals surface area contributed by atoms with Gasteiger partial charge in [0.2, 0.25) is 0 Å². The lowest BCUT2D eigenvalue weighted by molar-refractivity contribution is 0.136.